The number of rotatable bonds is 7. The monoisotopic (exact) mass is 386 g/mol. The summed E-state index contributed by atoms with van der Waals surface area (Å²) in [5.74, 6) is 1.84. The third kappa shape index (κ3) is 4.46. The van der Waals surface area contributed by atoms with E-state index < -0.39 is 0 Å². The minimum atomic E-state index is -0.334. The molecule has 0 unspecified atom stereocenters. The fourth-order valence-corrected chi connectivity index (χ4v) is 2.80. The van der Waals surface area contributed by atoms with Crippen molar-refractivity contribution >= 4 is 17.5 Å². The Balaban J connectivity index is 1.67. The first-order valence-electron chi connectivity index (χ1n) is 8.66. The molecule has 8 nitrogen and oxygen atoms in total. The molecule has 28 heavy (non-hydrogen) atoms. The zero-order valence-corrected chi connectivity index (χ0v) is 16.0. The van der Waals surface area contributed by atoms with Crippen LogP contribution in [0.2, 0.25) is 0 Å². The van der Waals surface area contributed by atoms with Gasteiger partial charge in [0.1, 0.15) is 18.0 Å². The average Bonchev–Trinajstić information content (AvgIpc) is 3.15. The molecular formula is C20H22N2O6. The van der Waals surface area contributed by atoms with Crippen LogP contribution in [0.4, 0.5) is 5.69 Å². The van der Waals surface area contributed by atoms with Crippen molar-refractivity contribution in [1.29, 1.82) is 0 Å². The first-order valence-corrected chi connectivity index (χ1v) is 8.66. The maximum absolute atomic E-state index is 12.5. The van der Waals surface area contributed by atoms with E-state index in [0.717, 1.165) is 5.56 Å². The Hall–Kier alpha value is -3.42. The van der Waals surface area contributed by atoms with Crippen LogP contribution in [0, 0.1) is 0 Å². The standard InChI is InChI=1S/C20H22N2O6/c1-13(23)22(10-14-4-7-17-19(8-14)28-12-27-17)11-20(24)21-16-6-5-15(25-2)9-18(16)26-3/h4-9H,10-12H2,1-3H3,(H,21,24). The number of methoxy groups -OCH3 is 2. The Kier molecular flexibility index (Phi) is 5.88. The molecule has 2 amide bonds. The Morgan fingerprint density at radius 2 is 1.86 bits per heavy atom. The average molecular weight is 386 g/mol. The molecule has 1 aliphatic rings. The number of fused-ring (bicyclic) bond motifs is 1. The first kappa shape index (κ1) is 19.3. The van der Waals surface area contributed by atoms with E-state index in [1.165, 1.54) is 18.9 Å². The van der Waals surface area contributed by atoms with Crippen molar-refractivity contribution in [2.75, 3.05) is 32.9 Å². The summed E-state index contributed by atoms with van der Waals surface area (Å²) < 4.78 is 21.1. The molecule has 0 spiro atoms. The van der Waals surface area contributed by atoms with Crippen molar-refractivity contribution in [1.82, 2.24) is 4.90 Å². The van der Waals surface area contributed by atoms with Gasteiger partial charge in [0.2, 0.25) is 18.6 Å². The molecule has 0 aromatic heterocycles. The van der Waals surface area contributed by atoms with Crippen LogP contribution in [0.3, 0.4) is 0 Å². The highest BCUT2D eigenvalue weighted by Crippen LogP contribution is 2.33. The van der Waals surface area contributed by atoms with E-state index in [9.17, 15) is 9.59 Å². The second-order valence-electron chi connectivity index (χ2n) is 6.18. The molecule has 1 N–H and O–H groups in total. The predicted molar refractivity (Wildman–Crippen MR) is 102 cm³/mol. The maximum atomic E-state index is 12.5. The van der Waals surface area contributed by atoms with Crippen LogP contribution < -0.4 is 24.3 Å². The van der Waals surface area contributed by atoms with E-state index in [4.69, 9.17) is 18.9 Å². The second kappa shape index (κ2) is 8.51. The van der Waals surface area contributed by atoms with Gasteiger partial charge in [-0.05, 0) is 29.8 Å². The summed E-state index contributed by atoms with van der Waals surface area (Å²) in [5.41, 5.74) is 1.34. The van der Waals surface area contributed by atoms with E-state index in [0.29, 0.717) is 28.7 Å². The van der Waals surface area contributed by atoms with Crippen LogP contribution >= 0.6 is 0 Å². The molecule has 0 fully saturated rings. The van der Waals surface area contributed by atoms with Gasteiger partial charge in [-0.3, -0.25) is 9.59 Å². The van der Waals surface area contributed by atoms with Crippen molar-refractivity contribution in [2.24, 2.45) is 0 Å². The van der Waals surface area contributed by atoms with Gasteiger partial charge in [0.05, 0.1) is 19.9 Å². The van der Waals surface area contributed by atoms with Gasteiger partial charge >= 0.3 is 0 Å². The molecule has 0 saturated heterocycles. The third-order valence-electron chi connectivity index (χ3n) is 4.27. The SMILES string of the molecule is COc1ccc(NC(=O)CN(Cc2ccc3c(c2)OCO3)C(C)=O)c(OC)c1. The summed E-state index contributed by atoms with van der Waals surface area (Å²) >= 11 is 0. The van der Waals surface area contributed by atoms with Crippen molar-refractivity contribution in [2.45, 2.75) is 13.5 Å². The van der Waals surface area contributed by atoms with Gasteiger partial charge in [-0.25, -0.2) is 0 Å². The Bertz CT molecular complexity index is 883. The number of carbonyl (C=O) groups is 2. The maximum Gasteiger partial charge on any atom is 0.244 e. The number of nitrogens with one attached hydrogen (secondary N) is 1. The van der Waals surface area contributed by atoms with E-state index >= 15 is 0 Å². The number of hydrogen-bond acceptors (Lipinski definition) is 6. The summed E-state index contributed by atoms with van der Waals surface area (Å²) in [4.78, 5) is 26.0. The van der Waals surface area contributed by atoms with Crippen molar-refractivity contribution in [3.8, 4) is 23.0 Å². The molecule has 2 aromatic rings. The van der Waals surface area contributed by atoms with E-state index in [-0.39, 0.29) is 31.7 Å². The van der Waals surface area contributed by atoms with E-state index in [2.05, 4.69) is 5.32 Å². The van der Waals surface area contributed by atoms with E-state index in [1.807, 2.05) is 12.1 Å². The lowest BCUT2D eigenvalue weighted by atomic mass is 10.2. The van der Waals surface area contributed by atoms with Gasteiger partial charge in [0, 0.05) is 19.5 Å². The summed E-state index contributed by atoms with van der Waals surface area (Å²) in [6, 6.07) is 10.5. The summed E-state index contributed by atoms with van der Waals surface area (Å²) in [6.45, 7) is 1.79. The van der Waals surface area contributed by atoms with Crippen LogP contribution in [0.15, 0.2) is 36.4 Å². The highest BCUT2D eigenvalue weighted by molar-refractivity contribution is 5.95. The minimum Gasteiger partial charge on any atom is -0.497 e. The number of hydrogen-bond donors (Lipinski definition) is 1. The number of amides is 2. The number of ether oxygens (including phenoxy) is 4. The number of carbonyl (C=O) groups excluding carboxylic acids is 2. The zero-order valence-electron chi connectivity index (χ0n) is 16.0. The highest BCUT2D eigenvalue weighted by Gasteiger charge is 2.18. The molecule has 3 rings (SSSR count). The Morgan fingerprint density at radius 3 is 2.57 bits per heavy atom. The lowest BCUT2D eigenvalue weighted by molar-refractivity contribution is -0.133. The molecule has 1 heterocycles. The van der Waals surface area contributed by atoms with Crippen LogP contribution in [0.5, 0.6) is 23.0 Å². The summed E-state index contributed by atoms with van der Waals surface area (Å²) in [7, 11) is 3.06. The normalized spacial score (nSPS) is 11.7. The highest BCUT2D eigenvalue weighted by atomic mass is 16.7. The predicted octanol–water partition coefficient (Wildman–Crippen LogP) is 2.42. The number of nitrogens with zero attached hydrogens (tertiary/aromatic N) is 1. The van der Waals surface area contributed by atoms with Crippen molar-refractivity contribution < 1.29 is 28.5 Å². The Labute approximate surface area is 162 Å². The fraction of sp³-hybridized carbons (Fsp3) is 0.300. The van der Waals surface area contributed by atoms with Crippen LogP contribution in [0.1, 0.15) is 12.5 Å². The minimum absolute atomic E-state index is 0.0983. The number of anilines is 1. The van der Waals surface area contributed by atoms with Gasteiger partial charge in [-0.15, -0.1) is 0 Å². The number of benzene rings is 2. The van der Waals surface area contributed by atoms with Crippen LogP contribution in [-0.2, 0) is 16.1 Å². The molecule has 0 bridgehead atoms. The molecular weight excluding hydrogens is 364 g/mol. The smallest absolute Gasteiger partial charge is 0.244 e. The van der Waals surface area contributed by atoms with Crippen LogP contribution in [0.25, 0.3) is 0 Å². The van der Waals surface area contributed by atoms with Gasteiger partial charge in [-0.1, -0.05) is 6.07 Å². The Morgan fingerprint density at radius 1 is 1.07 bits per heavy atom. The molecule has 8 heteroatoms. The largest absolute Gasteiger partial charge is 0.497 e. The molecule has 0 atom stereocenters. The molecule has 0 radical (unpaired) electrons. The lowest BCUT2D eigenvalue weighted by Crippen LogP contribution is -2.36. The lowest BCUT2D eigenvalue weighted by Gasteiger charge is -2.21. The fourth-order valence-electron chi connectivity index (χ4n) is 2.80. The molecule has 1 aliphatic heterocycles. The third-order valence-corrected chi connectivity index (χ3v) is 4.27. The van der Waals surface area contributed by atoms with Crippen LogP contribution in [-0.4, -0.2) is 44.3 Å². The van der Waals surface area contributed by atoms with Gasteiger partial charge in [-0.2, -0.15) is 0 Å². The molecule has 148 valence electrons. The molecule has 2 aromatic carbocycles. The second-order valence-corrected chi connectivity index (χ2v) is 6.18. The van der Waals surface area contributed by atoms with Crippen molar-refractivity contribution in [3.63, 3.8) is 0 Å². The first-order chi connectivity index (χ1) is 13.5. The molecule has 0 saturated carbocycles. The quantitative estimate of drug-likeness (QED) is 0.787. The zero-order chi connectivity index (χ0) is 20.1. The van der Waals surface area contributed by atoms with Gasteiger partial charge in [0.15, 0.2) is 11.5 Å². The summed E-state index contributed by atoms with van der Waals surface area (Å²) in [5, 5.41) is 2.77. The molecule has 0 aliphatic carbocycles. The van der Waals surface area contributed by atoms with Gasteiger partial charge in [0.25, 0.3) is 0 Å². The van der Waals surface area contributed by atoms with Crippen molar-refractivity contribution in [3.05, 3.63) is 42.0 Å². The summed E-state index contributed by atoms with van der Waals surface area (Å²) in [6.07, 6.45) is 0. The van der Waals surface area contributed by atoms with Gasteiger partial charge < -0.3 is 29.2 Å². The van der Waals surface area contributed by atoms with E-state index in [1.54, 1.807) is 31.4 Å². The topological polar surface area (TPSA) is 86.3 Å².